The van der Waals surface area contributed by atoms with Gasteiger partial charge in [-0.1, -0.05) is 29.8 Å². The second-order valence-electron chi connectivity index (χ2n) is 1.58. The molecule has 1 rings (SSSR count). The van der Waals surface area contributed by atoms with Crippen molar-refractivity contribution in [1.29, 1.82) is 0 Å². The Kier molecular flexibility index (Phi) is 3.78. The first-order chi connectivity index (χ1) is 3.39. The summed E-state index contributed by atoms with van der Waals surface area (Å²) in [5, 5.41) is 0. The molecule has 0 saturated heterocycles. The predicted octanol–water partition coefficient (Wildman–Crippen LogP) is 1.79. The number of rotatable bonds is 0. The quantitative estimate of drug-likeness (QED) is 0.557. The van der Waals surface area contributed by atoms with E-state index < -0.39 is 0 Å². The first-order valence-corrected chi connectivity index (χ1v) is 2.32. The second kappa shape index (κ2) is 3.83. The number of hydrogen-bond acceptors (Lipinski definition) is 0. The van der Waals surface area contributed by atoms with Crippen molar-refractivity contribution in [3.05, 3.63) is 35.9 Å². The molecule has 0 saturated carbocycles. The predicted molar refractivity (Wildman–Crippen MR) is 30.0 cm³/mol. The molecule has 1 heteroatoms. The molecule has 0 aromatic heterocycles. The van der Waals surface area contributed by atoms with Crippen LogP contribution in [0.5, 0.6) is 0 Å². The van der Waals surface area contributed by atoms with E-state index in [0.29, 0.717) is 0 Å². The fourth-order valence-corrected chi connectivity index (χ4v) is 0.470. The van der Waals surface area contributed by atoms with Crippen LogP contribution >= 0.6 is 0 Å². The van der Waals surface area contributed by atoms with Crippen molar-refractivity contribution in [1.82, 2.24) is 0 Å². The largest absolute Gasteiger partial charge is 0.0587 e. The standard InChI is InChI=1S/C7H7.Pd/c1-7-5-3-2-4-6-7;/h3-6H,1H3;. The van der Waals surface area contributed by atoms with Crippen LogP contribution < -0.4 is 0 Å². The Hall–Kier alpha value is -0.118. The third-order valence-corrected chi connectivity index (χ3v) is 0.885. The van der Waals surface area contributed by atoms with Crippen molar-refractivity contribution >= 4 is 0 Å². The number of benzene rings is 1. The van der Waals surface area contributed by atoms with Crippen LogP contribution in [0.3, 0.4) is 0 Å². The molecule has 0 N–H and O–H groups in total. The number of hydrogen-bond donors (Lipinski definition) is 0. The van der Waals surface area contributed by atoms with Crippen LogP contribution in [0, 0.1) is 13.0 Å². The molecular formula is C7H7Pd. The smallest absolute Gasteiger partial charge is 0 e. The zero-order valence-corrected chi connectivity index (χ0v) is 6.18. The summed E-state index contributed by atoms with van der Waals surface area (Å²) in [7, 11) is 0. The van der Waals surface area contributed by atoms with Gasteiger partial charge in [0.1, 0.15) is 0 Å². The van der Waals surface area contributed by atoms with E-state index in [9.17, 15) is 0 Å². The minimum atomic E-state index is 0. The molecular weight excluding hydrogens is 190 g/mol. The van der Waals surface area contributed by atoms with Gasteiger partial charge in [0.25, 0.3) is 0 Å². The molecule has 0 unspecified atom stereocenters. The maximum atomic E-state index is 2.93. The molecule has 0 spiro atoms. The fourth-order valence-electron chi connectivity index (χ4n) is 0.470. The van der Waals surface area contributed by atoms with Gasteiger partial charge in [0.05, 0.1) is 0 Å². The molecule has 0 atom stereocenters. The van der Waals surface area contributed by atoms with E-state index in [-0.39, 0.29) is 20.4 Å². The van der Waals surface area contributed by atoms with Crippen molar-refractivity contribution in [2.75, 3.05) is 0 Å². The summed E-state index contributed by atoms with van der Waals surface area (Å²) in [5.41, 5.74) is 1.29. The Bertz CT molecular complexity index is 134. The Labute approximate surface area is 63.6 Å². The van der Waals surface area contributed by atoms with Gasteiger partial charge in [-0.3, -0.25) is 0 Å². The van der Waals surface area contributed by atoms with Gasteiger partial charge >= 0.3 is 0 Å². The van der Waals surface area contributed by atoms with Crippen LogP contribution in [-0.4, -0.2) is 0 Å². The summed E-state index contributed by atoms with van der Waals surface area (Å²) in [6.45, 7) is 2.06. The molecule has 0 amide bonds. The van der Waals surface area contributed by atoms with E-state index in [1.54, 1.807) is 0 Å². The van der Waals surface area contributed by atoms with E-state index in [1.165, 1.54) is 5.56 Å². The van der Waals surface area contributed by atoms with E-state index in [2.05, 4.69) is 13.0 Å². The Balaban J connectivity index is 0.000000490. The maximum absolute atomic E-state index is 2.93. The molecule has 1 radical (unpaired) electrons. The molecule has 0 bridgehead atoms. The zero-order chi connectivity index (χ0) is 5.11. The summed E-state index contributed by atoms with van der Waals surface area (Å²) >= 11 is 0. The van der Waals surface area contributed by atoms with Crippen LogP contribution in [0.2, 0.25) is 0 Å². The van der Waals surface area contributed by atoms with Crippen molar-refractivity contribution in [2.45, 2.75) is 6.92 Å². The van der Waals surface area contributed by atoms with Gasteiger partial charge in [-0.15, -0.1) is 0 Å². The van der Waals surface area contributed by atoms with Crippen LogP contribution in [0.1, 0.15) is 5.56 Å². The SMILES string of the molecule is Cc1cc[c]cc1.[Pd]. The summed E-state index contributed by atoms with van der Waals surface area (Å²) in [6.07, 6.45) is 0. The first-order valence-electron chi connectivity index (χ1n) is 2.32. The minimum Gasteiger partial charge on any atom is -0.0587 e. The van der Waals surface area contributed by atoms with Crippen LogP contribution in [0.4, 0.5) is 0 Å². The van der Waals surface area contributed by atoms with Crippen molar-refractivity contribution < 1.29 is 20.4 Å². The average Bonchev–Trinajstić information content (AvgIpc) is 1.69. The number of aryl methyl sites for hydroxylation is 1. The van der Waals surface area contributed by atoms with Crippen molar-refractivity contribution in [2.24, 2.45) is 0 Å². The minimum absolute atomic E-state index is 0. The van der Waals surface area contributed by atoms with Gasteiger partial charge in [-0.2, -0.15) is 0 Å². The first kappa shape index (κ1) is 7.88. The Morgan fingerprint density at radius 1 is 1.25 bits per heavy atom. The molecule has 1 aromatic rings. The van der Waals surface area contributed by atoms with Crippen LogP contribution in [-0.2, 0) is 20.4 Å². The van der Waals surface area contributed by atoms with E-state index in [0.717, 1.165) is 0 Å². The summed E-state index contributed by atoms with van der Waals surface area (Å²) < 4.78 is 0. The average molecular weight is 198 g/mol. The van der Waals surface area contributed by atoms with Crippen LogP contribution in [0.25, 0.3) is 0 Å². The third kappa shape index (κ3) is 2.26. The van der Waals surface area contributed by atoms with Gasteiger partial charge in [-0.05, 0) is 13.0 Å². The van der Waals surface area contributed by atoms with Crippen molar-refractivity contribution in [3.63, 3.8) is 0 Å². The van der Waals surface area contributed by atoms with Gasteiger partial charge in [0.15, 0.2) is 0 Å². The van der Waals surface area contributed by atoms with Crippen molar-refractivity contribution in [3.8, 4) is 0 Å². The molecule has 0 nitrogen and oxygen atoms in total. The normalized spacial score (nSPS) is 7.62. The summed E-state index contributed by atoms with van der Waals surface area (Å²) in [5.74, 6) is 0. The van der Waals surface area contributed by atoms with Gasteiger partial charge in [0, 0.05) is 20.4 Å². The second-order valence-corrected chi connectivity index (χ2v) is 1.58. The van der Waals surface area contributed by atoms with Gasteiger partial charge < -0.3 is 0 Å². The summed E-state index contributed by atoms with van der Waals surface area (Å²) in [6, 6.07) is 10.8. The molecule has 0 aliphatic rings. The van der Waals surface area contributed by atoms with Crippen LogP contribution in [0.15, 0.2) is 24.3 Å². The fraction of sp³-hybridized carbons (Fsp3) is 0.143. The molecule has 45 valence electrons. The Morgan fingerprint density at radius 2 is 1.75 bits per heavy atom. The van der Waals surface area contributed by atoms with Gasteiger partial charge in [-0.25, -0.2) is 0 Å². The Morgan fingerprint density at radius 3 is 2.00 bits per heavy atom. The van der Waals surface area contributed by atoms with E-state index >= 15 is 0 Å². The molecule has 1 aromatic carbocycles. The zero-order valence-electron chi connectivity index (χ0n) is 4.63. The van der Waals surface area contributed by atoms with Gasteiger partial charge in [0.2, 0.25) is 0 Å². The maximum Gasteiger partial charge on any atom is 0 e. The topological polar surface area (TPSA) is 0 Å². The molecule has 0 aliphatic carbocycles. The van der Waals surface area contributed by atoms with E-state index in [1.807, 2.05) is 24.3 Å². The monoisotopic (exact) mass is 197 g/mol. The molecule has 8 heavy (non-hydrogen) atoms. The molecule has 0 fully saturated rings. The van der Waals surface area contributed by atoms with E-state index in [4.69, 9.17) is 0 Å². The molecule has 0 heterocycles. The summed E-state index contributed by atoms with van der Waals surface area (Å²) in [4.78, 5) is 0. The molecule has 0 aliphatic heterocycles. The third-order valence-electron chi connectivity index (χ3n) is 0.885.